The molecule has 1 unspecified atom stereocenters. The van der Waals surface area contributed by atoms with Crippen LogP contribution in [-0.4, -0.2) is 22.3 Å². The first-order valence-electron chi connectivity index (χ1n) is 8.31. The molecule has 0 saturated heterocycles. The predicted molar refractivity (Wildman–Crippen MR) is 96.2 cm³/mol. The topological polar surface area (TPSA) is 56.1 Å². The van der Waals surface area contributed by atoms with Crippen LogP contribution in [0.2, 0.25) is 0 Å². The van der Waals surface area contributed by atoms with Crippen molar-refractivity contribution in [3.63, 3.8) is 0 Å². The highest BCUT2D eigenvalue weighted by atomic mass is 16.5. The Labute approximate surface area is 147 Å². The minimum absolute atomic E-state index is 0.325. The Hall–Kier alpha value is -3.08. The summed E-state index contributed by atoms with van der Waals surface area (Å²) in [5.74, 6) is 0.767. The molecule has 3 rings (SSSR count). The third-order valence-corrected chi connectivity index (χ3v) is 3.87. The second-order valence-electron chi connectivity index (χ2n) is 5.61. The fourth-order valence-corrected chi connectivity index (χ4v) is 2.73. The van der Waals surface area contributed by atoms with Crippen LogP contribution in [-0.2, 0) is 11.3 Å². The van der Waals surface area contributed by atoms with E-state index in [0.29, 0.717) is 13.2 Å². The maximum atomic E-state index is 12.0. The average molecular weight is 335 g/mol. The first-order chi connectivity index (χ1) is 12.3. The Morgan fingerprint density at radius 2 is 1.80 bits per heavy atom. The summed E-state index contributed by atoms with van der Waals surface area (Å²) in [6.07, 6.45) is 3.22. The number of hydrogen-bond acceptors (Lipinski definition) is 3. The van der Waals surface area contributed by atoms with Crippen LogP contribution in [0.5, 0.6) is 0 Å². The van der Waals surface area contributed by atoms with Crippen molar-refractivity contribution in [2.45, 2.75) is 19.5 Å². The molecule has 3 aromatic rings. The molecule has 1 atom stereocenters. The first kappa shape index (κ1) is 16.8. The van der Waals surface area contributed by atoms with E-state index in [-0.39, 0.29) is 6.04 Å². The number of imidazole rings is 1. The molecule has 0 bridgehead atoms. The van der Waals surface area contributed by atoms with Gasteiger partial charge < -0.3 is 14.6 Å². The second kappa shape index (κ2) is 8.15. The summed E-state index contributed by atoms with van der Waals surface area (Å²) in [6, 6.07) is 19.6. The third-order valence-electron chi connectivity index (χ3n) is 3.87. The van der Waals surface area contributed by atoms with Gasteiger partial charge in [-0.3, -0.25) is 0 Å². The average Bonchev–Trinajstić information content (AvgIpc) is 3.09. The summed E-state index contributed by atoms with van der Waals surface area (Å²) >= 11 is 0. The van der Waals surface area contributed by atoms with Crippen LogP contribution in [0.3, 0.4) is 0 Å². The summed E-state index contributed by atoms with van der Waals surface area (Å²) in [7, 11) is 0. The Kier molecular flexibility index (Phi) is 5.46. The molecule has 0 saturated carbocycles. The fourth-order valence-electron chi connectivity index (χ4n) is 2.73. The number of hydrogen-bond donors (Lipinski definition) is 1. The Morgan fingerprint density at radius 3 is 2.48 bits per heavy atom. The van der Waals surface area contributed by atoms with E-state index in [9.17, 15) is 4.79 Å². The number of ether oxygens (including phenoxy) is 1. The van der Waals surface area contributed by atoms with Gasteiger partial charge >= 0.3 is 6.09 Å². The molecular weight excluding hydrogens is 314 g/mol. The number of nitrogens with one attached hydrogen (secondary N) is 1. The lowest BCUT2D eigenvalue weighted by atomic mass is 10.1. The molecule has 0 aliphatic heterocycles. The van der Waals surface area contributed by atoms with Crippen molar-refractivity contribution in [3.05, 3.63) is 90.0 Å². The summed E-state index contributed by atoms with van der Waals surface area (Å²) in [5.41, 5.74) is 2.13. The van der Waals surface area contributed by atoms with Gasteiger partial charge in [-0.1, -0.05) is 60.7 Å². The van der Waals surface area contributed by atoms with E-state index in [1.807, 2.05) is 59.3 Å². The molecule has 1 aromatic heterocycles. The molecule has 1 N–H and O–H groups in total. The van der Waals surface area contributed by atoms with Crippen LogP contribution in [0.15, 0.2) is 73.1 Å². The Balaban J connectivity index is 1.91. The van der Waals surface area contributed by atoms with Gasteiger partial charge in [-0.25, -0.2) is 9.78 Å². The van der Waals surface area contributed by atoms with E-state index in [4.69, 9.17) is 4.74 Å². The van der Waals surface area contributed by atoms with Crippen LogP contribution < -0.4 is 5.32 Å². The molecule has 128 valence electrons. The molecule has 0 fully saturated rings. The van der Waals surface area contributed by atoms with Crippen molar-refractivity contribution in [3.8, 4) is 0 Å². The van der Waals surface area contributed by atoms with Gasteiger partial charge in [0.15, 0.2) is 0 Å². The van der Waals surface area contributed by atoms with Crippen molar-refractivity contribution in [2.75, 3.05) is 6.61 Å². The number of alkyl carbamates (subject to hydrolysis) is 1. The van der Waals surface area contributed by atoms with Gasteiger partial charge in [0.2, 0.25) is 0 Å². The monoisotopic (exact) mass is 335 g/mol. The Bertz CT molecular complexity index is 800. The minimum atomic E-state index is -0.453. The van der Waals surface area contributed by atoms with Gasteiger partial charge in [-0.2, -0.15) is 0 Å². The minimum Gasteiger partial charge on any atom is -0.450 e. The lowest BCUT2D eigenvalue weighted by molar-refractivity contribution is 0.149. The SMILES string of the molecule is CCOC(=O)NC(c1ccccc1)c1nccn1Cc1ccccc1. The summed E-state index contributed by atoms with van der Waals surface area (Å²) in [6.45, 7) is 2.79. The molecule has 0 spiro atoms. The zero-order chi connectivity index (χ0) is 17.5. The van der Waals surface area contributed by atoms with E-state index < -0.39 is 6.09 Å². The summed E-state index contributed by atoms with van der Waals surface area (Å²) in [4.78, 5) is 16.5. The first-order valence-corrected chi connectivity index (χ1v) is 8.31. The van der Waals surface area contributed by atoms with Crippen molar-refractivity contribution in [1.29, 1.82) is 0 Å². The van der Waals surface area contributed by atoms with Gasteiger partial charge in [-0.15, -0.1) is 0 Å². The van der Waals surface area contributed by atoms with Crippen molar-refractivity contribution in [2.24, 2.45) is 0 Å². The maximum Gasteiger partial charge on any atom is 0.407 e. The van der Waals surface area contributed by atoms with Gasteiger partial charge in [0.1, 0.15) is 11.9 Å². The lowest BCUT2D eigenvalue weighted by Crippen LogP contribution is -2.32. The van der Waals surface area contributed by atoms with Gasteiger partial charge in [0, 0.05) is 18.9 Å². The molecule has 0 aliphatic carbocycles. The number of benzene rings is 2. The highest BCUT2D eigenvalue weighted by molar-refractivity contribution is 5.68. The number of nitrogens with zero attached hydrogens (tertiary/aromatic N) is 2. The summed E-state index contributed by atoms with van der Waals surface area (Å²) < 4.78 is 7.10. The molecule has 1 heterocycles. The van der Waals surface area contributed by atoms with Crippen molar-refractivity contribution >= 4 is 6.09 Å². The van der Waals surface area contributed by atoms with Gasteiger partial charge in [0.25, 0.3) is 0 Å². The fraction of sp³-hybridized carbons (Fsp3) is 0.200. The smallest absolute Gasteiger partial charge is 0.407 e. The van der Waals surface area contributed by atoms with E-state index >= 15 is 0 Å². The van der Waals surface area contributed by atoms with E-state index in [0.717, 1.165) is 11.4 Å². The molecule has 5 nitrogen and oxygen atoms in total. The van der Waals surface area contributed by atoms with Crippen molar-refractivity contribution in [1.82, 2.24) is 14.9 Å². The quantitative estimate of drug-likeness (QED) is 0.746. The van der Waals surface area contributed by atoms with Crippen LogP contribution in [0.1, 0.15) is 29.9 Å². The molecule has 0 aliphatic rings. The third kappa shape index (κ3) is 4.26. The van der Waals surface area contributed by atoms with Gasteiger partial charge in [-0.05, 0) is 18.1 Å². The number of aromatic nitrogens is 2. The summed E-state index contributed by atoms with van der Waals surface area (Å²) in [5, 5.41) is 2.92. The van der Waals surface area contributed by atoms with E-state index in [2.05, 4.69) is 22.4 Å². The van der Waals surface area contributed by atoms with Crippen LogP contribution >= 0.6 is 0 Å². The van der Waals surface area contributed by atoms with E-state index in [1.165, 1.54) is 5.56 Å². The maximum absolute atomic E-state index is 12.0. The van der Waals surface area contributed by atoms with E-state index in [1.54, 1.807) is 13.1 Å². The molecular formula is C20H21N3O2. The number of carbonyl (C=O) groups excluding carboxylic acids is 1. The standard InChI is InChI=1S/C20H21N3O2/c1-2-25-20(24)22-18(17-11-7-4-8-12-17)19-21-13-14-23(19)15-16-9-5-3-6-10-16/h3-14,18H,2,15H2,1H3,(H,22,24). The highest BCUT2D eigenvalue weighted by Gasteiger charge is 2.22. The number of rotatable bonds is 6. The normalized spacial score (nSPS) is 11.7. The number of amides is 1. The Morgan fingerprint density at radius 1 is 1.12 bits per heavy atom. The second-order valence-corrected chi connectivity index (χ2v) is 5.61. The zero-order valence-corrected chi connectivity index (χ0v) is 14.1. The molecule has 5 heteroatoms. The van der Waals surface area contributed by atoms with Gasteiger partial charge in [0.05, 0.1) is 6.61 Å². The lowest BCUT2D eigenvalue weighted by Gasteiger charge is -2.20. The van der Waals surface area contributed by atoms with Crippen LogP contribution in [0, 0.1) is 0 Å². The highest BCUT2D eigenvalue weighted by Crippen LogP contribution is 2.21. The molecule has 25 heavy (non-hydrogen) atoms. The number of carbonyl (C=O) groups is 1. The van der Waals surface area contributed by atoms with Crippen LogP contribution in [0.25, 0.3) is 0 Å². The van der Waals surface area contributed by atoms with Crippen LogP contribution in [0.4, 0.5) is 4.79 Å². The predicted octanol–water partition coefficient (Wildman–Crippen LogP) is 3.77. The van der Waals surface area contributed by atoms with Crippen molar-refractivity contribution < 1.29 is 9.53 Å². The molecule has 1 amide bonds. The largest absolute Gasteiger partial charge is 0.450 e. The molecule has 2 aromatic carbocycles. The molecule has 0 radical (unpaired) electrons. The zero-order valence-electron chi connectivity index (χ0n) is 14.1.